The highest BCUT2D eigenvalue weighted by Gasteiger charge is 2.32. The molecular weight excluding hydrogens is 311 g/mol. The first-order valence-electron chi connectivity index (χ1n) is 7.88. The molecular formula is C18H19FN2O3. The van der Waals surface area contributed by atoms with Crippen LogP contribution in [-0.4, -0.2) is 25.3 Å². The van der Waals surface area contributed by atoms with E-state index in [4.69, 9.17) is 19.9 Å². The molecule has 6 heteroatoms. The first-order chi connectivity index (χ1) is 11.7. The van der Waals surface area contributed by atoms with Gasteiger partial charge in [-0.3, -0.25) is 4.90 Å². The van der Waals surface area contributed by atoms with Crippen LogP contribution in [0.4, 0.5) is 4.39 Å². The van der Waals surface area contributed by atoms with Gasteiger partial charge in [0.1, 0.15) is 11.6 Å². The minimum absolute atomic E-state index is 0.0324. The standard InChI is InChI=1S/C18H19FN2O3/c1-22-12-5-13-14(15(19)6-12)9-21(16(13)7-20)8-11-2-3-17-18(4-11)24-10-23-17/h2-6,16H,7-10,20H2,1H3. The van der Waals surface area contributed by atoms with Crippen molar-refractivity contribution in [3.63, 3.8) is 0 Å². The van der Waals surface area contributed by atoms with Crippen molar-refractivity contribution in [2.45, 2.75) is 19.1 Å². The zero-order valence-corrected chi connectivity index (χ0v) is 13.4. The third-order valence-electron chi connectivity index (χ3n) is 4.65. The van der Waals surface area contributed by atoms with Gasteiger partial charge in [0.25, 0.3) is 0 Å². The fraction of sp³-hybridized carbons (Fsp3) is 0.333. The molecule has 2 heterocycles. The number of benzene rings is 2. The predicted octanol–water partition coefficient (Wildman–Crippen LogP) is 2.58. The lowest BCUT2D eigenvalue weighted by molar-refractivity contribution is 0.173. The van der Waals surface area contributed by atoms with Crippen LogP contribution >= 0.6 is 0 Å². The number of hydrogen-bond acceptors (Lipinski definition) is 5. The molecule has 0 radical (unpaired) electrons. The molecule has 0 saturated carbocycles. The lowest BCUT2D eigenvalue weighted by Crippen LogP contribution is -2.27. The fourth-order valence-corrected chi connectivity index (χ4v) is 3.44. The second-order valence-electron chi connectivity index (χ2n) is 6.02. The van der Waals surface area contributed by atoms with Crippen molar-refractivity contribution in [1.29, 1.82) is 0 Å². The smallest absolute Gasteiger partial charge is 0.231 e. The van der Waals surface area contributed by atoms with Gasteiger partial charge in [-0.1, -0.05) is 6.07 Å². The summed E-state index contributed by atoms with van der Waals surface area (Å²) >= 11 is 0. The largest absolute Gasteiger partial charge is 0.497 e. The van der Waals surface area contributed by atoms with Crippen molar-refractivity contribution in [3.05, 3.63) is 52.8 Å². The number of fused-ring (bicyclic) bond motifs is 2. The number of hydrogen-bond donors (Lipinski definition) is 1. The van der Waals surface area contributed by atoms with Gasteiger partial charge in [-0.25, -0.2) is 4.39 Å². The van der Waals surface area contributed by atoms with E-state index in [9.17, 15) is 4.39 Å². The Morgan fingerprint density at radius 1 is 1.25 bits per heavy atom. The Morgan fingerprint density at radius 2 is 2.08 bits per heavy atom. The van der Waals surface area contributed by atoms with Crippen molar-refractivity contribution in [1.82, 2.24) is 4.90 Å². The van der Waals surface area contributed by atoms with E-state index in [1.54, 1.807) is 0 Å². The summed E-state index contributed by atoms with van der Waals surface area (Å²) in [6.07, 6.45) is 0. The Balaban J connectivity index is 1.61. The van der Waals surface area contributed by atoms with Crippen molar-refractivity contribution in [3.8, 4) is 17.2 Å². The van der Waals surface area contributed by atoms with Crippen molar-refractivity contribution in [2.24, 2.45) is 5.73 Å². The number of ether oxygens (including phenoxy) is 3. The molecule has 0 saturated heterocycles. The highest BCUT2D eigenvalue weighted by molar-refractivity contribution is 5.45. The topological polar surface area (TPSA) is 57.0 Å². The van der Waals surface area contributed by atoms with Crippen LogP contribution in [0.2, 0.25) is 0 Å². The van der Waals surface area contributed by atoms with Crippen LogP contribution in [0.1, 0.15) is 22.7 Å². The van der Waals surface area contributed by atoms with E-state index in [0.29, 0.717) is 30.9 Å². The van der Waals surface area contributed by atoms with Crippen molar-refractivity contribution >= 4 is 0 Å². The summed E-state index contributed by atoms with van der Waals surface area (Å²) in [6.45, 7) is 1.87. The second kappa shape index (κ2) is 5.96. The number of rotatable bonds is 4. The fourth-order valence-electron chi connectivity index (χ4n) is 3.44. The first-order valence-corrected chi connectivity index (χ1v) is 7.88. The quantitative estimate of drug-likeness (QED) is 0.934. The molecule has 24 heavy (non-hydrogen) atoms. The number of halogens is 1. The molecule has 1 unspecified atom stereocenters. The molecule has 0 aliphatic carbocycles. The molecule has 4 rings (SSSR count). The van der Waals surface area contributed by atoms with Gasteiger partial charge in [-0.15, -0.1) is 0 Å². The molecule has 0 spiro atoms. The summed E-state index contributed by atoms with van der Waals surface area (Å²) in [4.78, 5) is 2.17. The molecule has 2 aliphatic rings. The van der Waals surface area contributed by atoms with Gasteiger partial charge in [-0.05, 0) is 29.3 Å². The molecule has 0 fully saturated rings. The van der Waals surface area contributed by atoms with E-state index in [-0.39, 0.29) is 18.7 Å². The minimum Gasteiger partial charge on any atom is -0.497 e. The Bertz CT molecular complexity index is 781. The SMILES string of the molecule is COc1cc(F)c2c(c1)C(CN)N(Cc1ccc3c(c1)OCO3)C2. The Hall–Kier alpha value is -2.31. The maximum atomic E-state index is 14.4. The van der Waals surface area contributed by atoms with E-state index in [1.807, 2.05) is 24.3 Å². The minimum atomic E-state index is -0.240. The van der Waals surface area contributed by atoms with Crippen LogP contribution in [0.3, 0.4) is 0 Å². The van der Waals surface area contributed by atoms with Crippen LogP contribution in [0.15, 0.2) is 30.3 Å². The molecule has 2 N–H and O–H groups in total. The molecule has 126 valence electrons. The molecule has 5 nitrogen and oxygen atoms in total. The summed E-state index contributed by atoms with van der Waals surface area (Å²) < 4.78 is 30.3. The first kappa shape index (κ1) is 15.2. The van der Waals surface area contributed by atoms with Crippen molar-refractivity contribution < 1.29 is 18.6 Å². The maximum Gasteiger partial charge on any atom is 0.231 e. The second-order valence-corrected chi connectivity index (χ2v) is 6.02. The number of nitrogens with two attached hydrogens (primary N) is 1. The van der Waals surface area contributed by atoms with Crippen LogP contribution in [-0.2, 0) is 13.1 Å². The van der Waals surface area contributed by atoms with Gasteiger partial charge in [0, 0.05) is 37.3 Å². The Kier molecular flexibility index (Phi) is 3.78. The van der Waals surface area contributed by atoms with Crippen LogP contribution < -0.4 is 19.9 Å². The average molecular weight is 330 g/mol. The normalized spacial score (nSPS) is 18.7. The van der Waals surface area contributed by atoms with Gasteiger partial charge in [0.2, 0.25) is 6.79 Å². The summed E-state index contributed by atoms with van der Waals surface area (Å²) in [5.41, 5.74) is 8.67. The van der Waals surface area contributed by atoms with Crippen LogP contribution in [0.5, 0.6) is 17.2 Å². The lowest BCUT2D eigenvalue weighted by atomic mass is 10.0. The molecule has 2 aliphatic heterocycles. The maximum absolute atomic E-state index is 14.4. The Labute approximate surface area is 139 Å². The van der Waals surface area contributed by atoms with Gasteiger partial charge in [-0.2, -0.15) is 0 Å². The average Bonchev–Trinajstić information content (AvgIpc) is 3.18. The number of nitrogens with zero attached hydrogens (tertiary/aromatic N) is 1. The van der Waals surface area contributed by atoms with E-state index in [0.717, 1.165) is 22.6 Å². The van der Waals surface area contributed by atoms with Gasteiger partial charge in [0.15, 0.2) is 11.5 Å². The van der Waals surface area contributed by atoms with Gasteiger partial charge < -0.3 is 19.9 Å². The van der Waals surface area contributed by atoms with Crippen LogP contribution in [0.25, 0.3) is 0 Å². The third-order valence-corrected chi connectivity index (χ3v) is 4.65. The molecule has 2 aromatic rings. The van der Waals surface area contributed by atoms with E-state index in [1.165, 1.54) is 13.2 Å². The zero-order valence-electron chi connectivity index (χ0n) is 13.4. The Morgan fingerprint density at radius 3 is 2.88 bits per heavy atom. The van der Waals surface area contributed by atoms with Gasteiger partial charge >= 0.3 is 0 Å². The molecule has 1 atom stereocenters. The zero-order chi connectivity index (χ0) is 16.7. The van der Waals surface area contributed by atoms with E-state index in [2.05, 4.69) is 4.90 Å². The highest BCUT2D eigenvalue weighted by Crippen LogP contribution is 2.39. The summed E-state index contributed by atoms with van der Waals surface area (Å²) in [5.74, 6) is 1.79. The monoisotopic (exact) mass is 330 g/mol. The summed E-state index contributed by atoms with van der Waals surface area (Å²) in [6, 6.07) is 9.15. The third kappa shape index (κ3) is 2.48. The van der Waals surface area contributed by atoms with E-state index >= 15 is 0 Å². The van der Waals surface area contributed by atoms with Crippen molar-refractivity contribution in [2.75, 3.05) is 20.4 Å². The molecule has 2 aromatic carbocycles. The predicted molar refractivity (Wildman–Crippen MR) is 86.6 cm³/mol. The van der Waals surface area contributed by atoms with E-state index < -0.39 is 0 Å². The summed E-state index contributed by atoms with van der Waals surface area (Å²) in [7, 11) is 1.54. The van der Waals surface area contributed by atoms with Crippen LogP contribution in [0, 0.1) is 5.82 Å². The highest BCUT2D eigenvalue weighted by atomic mass is 19.1. The van der Waals surface area contributed by atoms with Gasteiger partial charge in [0.05, 0.1) is 7.11 Å². The lowest BCUT2D eigenvalue weighted by Gasteiger charge is -2.24. The molecule has 0 amide bonds. The molecule has 0 bridgehead atoms. The number of methoxy groups -OCH3 is 1. The molecule has 0 aromatic heterocycles. The summed E-state index contributed by atoms with van der Waals surface area (Å²) in [5, 5.41) is 0.